The number of para-hydroxylation sites is 1. The Labute approximate surface area is 174 Å². The van der Waals surface area contributed by atoms with Gasteiger partial charge < -0.3 is 14.2 Å². The molecule has 0 spiro atoms. The van der Waals surface area contributed by atoms with Crippen LogP contribution in [0.4, 0.5) is 0 Å². The third kappa shape index (κ3) is 4.22. The molecule has 4 rings (SSSR count). The lowest BCUT2D eigenvalue weighted by molar-refractivity contribution is -0.147. The Bertz CT molecular complexity index is 1160. The van der Waals surface area contributed by atoms with Crippen LogP contribution >= 0.6 is 0 Å². The molecule has 6 nitrogen and oxygen atoms in total. The van der Waals surface area contributed by atoms with E-state index in [1.807, 2.05) is 54.6 Å². The van der Waals surface area contributed by atoms with Crippen molar-refractivity contribution in [2.75, 3.05) is 7.11 Å². The van der Waals surface area contributed by atoms with Crippen LogP contribution in [-0.4, -0.2) is 29.2 Å². The Morgan fingerprint density at radius 3 is 2.23 bits per heavy atom. The van der Waals surface area contributed by atoms with Gasteiger partial charge in [-0.2, -0.15) is 4.98 Å². The van der Waals surface area contributed by atoms with E-state index in [1.165, 1.54) is 7.11 Å². The average Bonchev–Trinajstić information content (AvgIpc) is 2.80. The third-order valence-corrected chi connectivity index (χ3v) is 4.48. The molecule has 150 valence electrons. The van der Waals surface area contributed by atoms with Crippen molar-refractivity contribution in [3.8, 4) is 28.8 Å². The number of rotatable bonds is 6. The maximum atomic E-state index is 11.5. The molecule has 4 aromatic rings. The van der Waals surface area contributed by atoms with Crippen molar-refractivity contribution in [2.45, 2.75) is 13.0 Å². The van der Waals surface area contributed by atoms with E-state index in [0.717, 1.165) is 16.5 Å². The fraction of sp³-hybridized carbons (Fsp3) is 0.125. The Balaban J connectivity index is 1.62. The molecule has 0 bridgehead atoms. The Kier molecular flexibility index (Phi) is 5.57. The molecule has 1 heterocycles. The molecule has 0 aliphatic rings. The van der Waals surface area contributed by atoms with E-state index in [4.69, 9.17) is 9.47 Å². The van der Waals surface area contributed by atoms with E-state index in [2.05, 4.69) is 14.7 Å². The van der Waals surface area contributed by atoms with Crippen molar-refractivity contribution in [3.63, 3.8) is 0 Å². The molecule has 0 aliphatic heterocycles. The third-order valence-electron chi connectivity index (χ3n) is 4.48. The number of hydrogen-bond donors (Lipinski definition) is 0. The maximum absolute atomic E-state index is 11.5. The van der Waals surface area contributed by atoms with Crippen molar-refractivity contribution < 1.29 is 19.0 Å². The van der Waals surface area contributed by atoms with Gasteiger partial charge in [-0.05, 0) is 43.3 Å². The number of benzene rings is 3. The zero-order valence-electron chi connectivity index (χ0n) is 16.6. The van der Waals surface area contributed by atoms with E-state index in [0.29, 0.717) is 23.2 Å². The molecular formula is C24H20N2O4. The van der Waals surface area contributed by atoms with E-state index in [9.17, 15) is 4.79 Å². The highest BCUT2D eigenvalue weighted by atomic mass is 16.6. The second-order valence-electron chi connectivity index (χ2n) is 6.59. The van der Waals surface area contributed by atoms with Crippen molar-refractivity contribution in [1.82, 2.24) is 9.97 Å². The van der Waals surface area contributed by atoms with Gasteiger partial charge in [0.05, 0.1) is 18.0 Å². The van der Waals surface area contributed by atoms with Crippen LogP contribution in [0.1, 0.15) is 6.92 Å². The van der Waals surface area contributed by atoms with Crippen molar-refractivity contribution >= 4 is 16.9 Å². The van der Waals surface area contributed by atoms with Crippen LogP contribution in [0.2, 0.25) is 0 Å². The minimum Gasteiger partial charge on any atom is -0.479 e. The fourth-order valence-electron chi connectivity index (χ4n) is 2.96. The Morgan fingerprint density at radius 1 is 0.833 bits per heavy atom. The molecule has 3 aromatic carbocycles. The molecule has 0 radical (unpaired) electrons. The van der Waals surface area contributed by atoms with Crippen LogP contribution in [-0.2, 0) is 9.53 Å². The summed E-state index contributed by atoms with van der Waals surface area (Å²) in [5.41, 5.74) is 1.71. The maximum Gasteiger partial charge on any atom is 0.346 e. The molecule has 6 heteroatoms. The van der Waals surface area contributed by atoms with Crippen molar-refractivity contribution in [1.29, 1.82) is 0 Å². The predicted octanol–water partition coefficient (Wildman–Crippen LogP) is 5.03. The molecule has 30 heavy (non-hydrogen) atoms. The van der Waals surface area contributed by atoms with Gasteiger partial charge >= 0.3 is 5.97 Å². The topological polar surface area (TPSA) is 70.5 Å². The van der Waals surface area contributed by atoms with Crippen LogP contribution < -0.4 is 9.47 Å². The zero-order chi connectivity index (χ0) is 20.9. The molecule has 0 N–H and O–H groups in total. The number of carbonyl (C=O) groups is 1. The molecule has 1 aromatic heterocycles. The van der Waals surface area contributed by atoms with Gasteiger partial charge in [0, 0.05) is 5.56 Å². The lowest BCUT2D eigenvalue weighted by Gasteiger charge is -2.13. The summed E-state index contributed by atoms with van der Waals surface area (Å²) in [6.45, 7) is 1.63. The van der Waals surface area contributed by atoms with Crippen LogP contribution in [0.3, 0.4) is 0 Å². The quantitative estimate of drug-likeness (QED) is 0.423. The summed E-state index contributed by atoms with van der Waals surface area (Å²) in [4.78, 5) is 20.8. The fourth-order valence-corrected chi connectivity index (χ4v) is 2.96. The molecule has 0 fully saturated rings. The van der Waals surface area contributed by atoms with E-state index >= 15 is 0 Å². The molecular weight excluding hydrogens is 380 g/mol. The van der Waals surface area contributed by atoms with Gasteiger partial charge in [-0.25, -0.2) is 9.78 Å². The second-order valence-corrected chi connectivity index (χ2v) is 6.59. The minimum absolute atomic E-state index is 0.434. The number of hydrogen-bond acceptors (Lipinski definition) is 6. The monoisotopic (exact) mass is 400 g/mol. The number of methoxy groups -OCH3 is 1. The standard InChI is InChI=1S/C24H20N2O4/c1-16(24(27)28-2)29-18-12-14-19(15-13-18)30-23-20-10-6-7-11-21(20)25-22(26-23)17-8-4-3-5-9-17/h3-16H,1-2H3. The van der Waals surface area contributed by atoms with Gasteiger partial charge in [0.25, 0.3) is 0 Å². The number of carbonyl (C=O) groups excluding carboxylic acids is 1. The molecule has 0 amide bonds. The number of nitrogens with zero attached hydrogens (tertiary/aromatic N) is 2. The zero-order valence-corrected chi connectivity index (χ0v) is 16.6. The van der Waals surface area contributed by atoms with Gasteiger partial charge in [0.1, 0.15) is 11.5 Å². The van der Waals surface area contributed by atoms with E-state index in [1.54, 1.807) is 31.2 Å². The van der Waals surface area contributed by atoms with Crippen LogP contribution in [0.5, 0.6) is 17.4 Å². The first-order chi connectivity index (χ1) is 14.6. The van der Waals surface area contributed by atoms with Gasteiger partial charge in [-0.3, -0.25) is 0 Å². The second kappa shape index (κ2) is 8.61. The van der Waals surface area contributed by atoms with Crippen LogP contribution in [0.15, 0.2) is 78.9 Å². The molecule has 0 saturated carbocycles. The largest absolute Gasteiger partial charge is 0.479 e. The number of fused-ring (bicyclic) bond motifs is 1. The van der Waals surface area contributed by atoms with Gasteiger partial charge in [-0.15, -0.1) is 0 Å². The van der Waals surface area contributed by atoms with Crippen LogP contribution in [0, 0.1) is 0 Å². The Morgan fingerprint density at radius 2 is 1.50 bits per heavy atom. The van der Waals surface area contributed by atoms with Crippen molar-refractivity contribution in [2.24, 2.45) is 0 Å². The molecule has 0 saturated heterocycles. The first-order valence-electron chi connectivity index (χ1n) is 9.48. The van der Waals surface area contributed by atoms with E-state index in [-0.39, 0.29) is 0 Å². The summed E-state index contributed by atoms with van der Waals surface area (Å²) < 4.78 is 16.3. The summed E-state index contributed by atoms with van der Waals surface area (Å²) in [5.74, 6) is 1.76. The molecule has 1 atom stereocenters. The highest BCUT2D eigenvalue weighted by Gasteiger charge is 2.15. The summed E-state index contributed by atoms with van der Waals surface area (Å²) >= 11 is 0. The summed E-state index contributed by atoms with van der Waals surface area (Å²) in [5, 5.41) is 0.817. The molecule has 0 aliphatic carbocycles. The number of ether oxygens (including phenoxy) is 3. The van der Waals surface area contributed by atoms with Crippen molar-refractivity contribution in [3.05, 3.63) is 78.9 Å². The predicted molar refractivity (Wildman–Crippen MR) is 114 cm³/mol. The number of aromatic nitrogens is 2. The van der Waals surface area contributed by atoms with Gasteiger partial charge in [0.15, 0.2) is 11.9 Å². The highest BCUT2D eigenvalue weighted by molar-refractivity contribution is 5.85. The normalized spacial score (nSPS) is 11.7. The summed E-state index contributed by atoms with van der Waals surface area (Å²) in [6, 6.07) is 24.5. The summed E-state index contributed by atoms with van der Waals surface area (Å²) in [6.07, 6.45) is -0.694. The first kappa shape index (κ1) is 19.4. The molecule has 1 unspecified atom stereocenters. The Hall–Kier alpha value is -3.93. The lowest BCUT2D eigenvalue weighted by Crippen LogP contribution is -2.24. The van der Waals surface area contributed by atoms with E-state index < -0.39 is 12.1 Å². The SMILES string of the molecule is COC(=O)C(C)Oc1ccc(Oc2nc(-c3ccccc3)nc3ccccc23)cc1. The smallest absolute Gasteiger partial charge is 0.346 e. The first-order valence-corrected chi connectivity index (χ1v) is 9.48. The summed E-state index contributed by atoms with van der Waals surface area (Å²) in [7, 11) is 1.33. The lowest BCUT2D eigenvalue weighted by atomic mass is 10.2. The average molecular weight is 400 g/mol. The van der Waals surface area contributed by atoms with Gasteiger partial charge in [0.2, 0.25) is 5.88 Å². The minimum atomic E-state index is -0.694. The van der Waals surface area contributed by atoms with Gasteiger partial charge in [-0.1, -0.05) is 42.5 Å². The number of esters is 1. The van der Waals surface area contributed by atoms with Crippen LogP contribution in [0.25, 0.3) is 22.3 Å². The highest BCUT2D eigenvalue weighted by Crippen LogP contribution is 2.31.